The molecule has 8 heteroatoms. The second-order valence-corrected chi connectivity index (χ2v) is 6.28. The van der Waals surface area contributed by atoms with Gasteiger partial charge < -0.3 is 10.4 Å². The van der Waals surface area contributed by atoms with Crippen molar-refractivity contribution in [3.05, 3.63) is 22.5 Å². The molecule has 0 saturated heterocycles. The van der Waals surface area contributed by atoms with Gasteiger partial charge in [-0.05, 0) is 32.6 Å². The second kappa shape index (κ2) is 6.43. The Morgan fingerprint density at radius 1 is 1.59 bits per heavy atom. The molecule has 1 unspecified atom stereocenters. The number of carbonyl (C=O) groups is 1. The number of nitrogens with one attached hydrogen (secondary N) is 1. The van der Waals surface area contributed by atoms with E-state index in [0.29, 0.717) is 0 Å². The average Bonchev–Trinajstić information content (AvgIpc) is 3.14. The molecule has 1 saturated carbocycles. The number of amides is 1. The summed E-state index contributed by atoms with van der Waals surface area (Å²) < 4.78 is 1.27. The Kier molecular flexibility index (Phi) is 4.80. The van der Waals surface area contributed by atoms with Crippen LogP contribution in [0.4, 0.5) is 5.69 Å². The van der Waals surface area contributed by atoms with Crippen LogP contribution in [-0.2, 0) is 10.3 Å². The summed E-state index contributed by atoms with van der Waals surface area (Å²) in [5.41, 5.74) is -1.23. The fourth-order valence-electron chi connectivity index (χ4n) is 2.74. The highest BCUT2D eigenvalue weighted by Gasteiger charge is 2.33. The number of hydrogen-bond donors (Lipinski definition) is 2. The van der Waals surface area contributed by atoms with Crippen molar-refractivity contribution in [2.24, 2.45) is 5.92 Å². The maximum atomic E-state index is 12.3. The molecule has 1 atom stereocenters. The van der Waals surface area contributed by atoms with Gasteiger partial charge in [0.1, 0.15) is 17.9 Å². The predicted molar refractivity (Wildman–Crippen MR) is 79.2 cm³/mol. The van der Waals surface area contributed by atoms with Crippen molar-refractivity contribution in [1.29, 1.82) is 0 Å². The fraction of sp³-hybridized carbons (Fsp3) is 0.714. The van der Waals surface area contributed by atoms with Gasteiger partial charge in [-0.1, -0.05) is 12.8 Å². The minimum Gasteiger partial charge on any atom is -0.391 e. The molecule has 122 valence electrons. The molecule has 0 aromatic carbocycles. The minimum atomic E-state index is -1.07. The molecule has 1 aliphatic carbocycles. The normalized spacial score (nSPS) is 17.4. The lowest BCUT2D eigenvalue weighted by Gasteiger charge is -2.25. The molecule has 1 fully saturated rings. The van der Waals surface area contributed by atoms with Crippen molar-refractivity contribution in [2.45, 2.75) is 51.2 Å². The number of aromatic nitrogens is 2. The molecular formula is C14H22N4O4. The van der Waals surface area contributed by atoms with Crippen molar-refractivity contribution < 1.29 is 14.8 Å². The summed E-state index contributed by atoms with van der Waals surface area (Å²) >= 11 is 0. The van der Waals surface area contributed by atoms with Gasteiger partial charge >= 0.3 is 5.69 Å². The molecule has 22 heavy (non-hydrogen) atoms. The summed E-state index contributed by atoms with van der Waals surface area (Å²) in [7, 11) is 0. The first-order valence-corrected chi connectivity index (χ1v) is 7.48. The summed E-state index contributed by atoms with van der Waals surface area (Å²) in [6.07, 6.45) is 6.03. The van der Waals surface area contributed by atoms with Crippen LogP contribution in [0.1, 0.15) is 39.5 Å². The number of aliphatic hydroxyl groups is 1. The lowest BCUT2D eigenvalue weighted by Crippen LogP contribution is -2.47. The van der Waals surface area contributed by atoms with E-state index in [2.05, 4.69) is 10.4 Å². The zero-order valence-electron chi connectivity index (χ0n) is 12.9. The Labute approximate surface area is 128 Å². The van der Waals surface area contributed by atoms with E-state index in [1.165, 1.54) is 10.9 Å². The SMILES string of the molecule is CC(C)(C(=O)NCC(O)C1CCCC1)n1cc([N+](=O)[O-])cn1. The third-order valence-electron chi connectivity index (χ3n) is 4.32. The van der Waals surface area contributed by atoms with Crippen LogP contribution < -0.4 is 5.32 Å². The van der Waals surface area contributed by atoms with Crippen LogP contribution in [-0.4, -0.2) is 38.4 Å². The maximum absolute atomic E-state index is 12.3. The fourth-order valence-corrected chi connectivity index (χ4v) is 2.74. The Morgan fingerprint density at radius 2 is 2.23 bits per heavy atom. The van der Waals surface area contributed by atoms with Gasteiger partial charge in [0.2, 0.25) is 5.91 Å². The van der Waals surface area contributed by atoms with Gasteiger partial charge in [-0.15, -0.1) is 0 Å². The van der Waals surface area contributed by atoms with E-state index in [4.69, 9.17) is 0 Å². The van der Waals surface area contributed by atoms with Crippen LogP contribution in [0.15, 0.2) is 12.4 Å². The molecule has 2 N–H and O–H groups in total. The third-order valence-corrected chi connectivity index (χ3v) is 4.32. The number of aliphatic hydroxyl groups excluding tert-OH is 1. The first-order valence-electron chi connectivity index (χ1n) is 7.48. The van der Waals surface area contributed by atoms with Crippen molar-refractivity contribution in [1.82, 2.24) is 15.1 Å². The molecule has 0 spiro atoms. The highest BCUT2D eigenvalue weighted by Crippen LogP contribution is 2.27. The van der Waals surface area contributed by atoms with E-state index in [9.17, 15) is 20.0 Å². The van der Waals surface area contributed by atoms with Gasteiger partial charge in [-0.3, -0.25) is 19.6 Å². The summed E-state index contributed by atoms with van der Waals surface area (Å²) in [6, 6.07) is 0. The highest BCUT2D eigenvalue weighted by atomic mass is 16.6. The molecule has 1 heterocycles. The summed E-state index contributed by atoms with van der Waals surface area (Å²) in [5.74, 6) is -0.0863. The van der Waals surface area contributed by atoms with E-state index in [1.807, 2.05) is 0 Å². The van der Waals surface area contributed by atoms with Crippen molar-refractivity contribution in [3.63, 3.8) is 0 Å². The number of rotatable bonds is 6. The summed E-state index contributed by atoms with van der Waals surface area (Å²) in [4.78, 5) is 22.4. The van der Waals surface area contributed by atoms with Crippen molar-refractivity contribution >= 4 is 11.6 Å². The lowest BCUT2D eigenvalue weighted by atomic mass is 10.00. The molecule has 0 aliphatic heterocycles. The first-order chi connectivity index (χ1) is 10.3. The van der Waals surface area contributed by atoms with Crippen molar-refractivity contribution in [2.75, 3.05) is 6.54 Å². The monoisotopic (exact) mass is 310 g/mol. The molecule has 1 aromatic heterocycles. The van der Waals surface area contributed by atoms with E-state index >= 15 is 0 Å². The van der Waals surface area contributed by atoms with E-state index < -0.39 is 16.6 Å². The average molecular weight is 310 g/mol. The molecule has 2 rings (SSSR count). The number of nitrogens with zero attached hydrogens (tertiary/aromatic N) is 3. The molecule has 0 bridgehead atoms. The van der Waals surface area contributed by atoms with Gasteiger partial charge in [0.05, 0.1) is 11.0 Å². The topological polar surface area (TPSA) is 110 Å². The Bertz CT molecular complexity index is 549. The lowest BCUT2D eigenvalue weighted by molar-refractivity contribution is -0.385. The highest BCUT2D eigenvalue weighted by molar-refractivity contribution is 5.83. The van der Waals surface area contributed by atoms with Gasteiger partial charge in [-0.25, -0.2) is 0 Å². The maximum Gasteiger partial charge on any atom is 0.307 e. The molecule has 1 aromatic rings. The number of nitro groups is 1. The molecule has 1 amide bonds. The van der Waals surface area contributed by atoms with E-state index in [-0.39, 0.29) is 24.1 Å². The van der Waals surface area contributed by atoms with Crippen molar-refractivity contribution in [3.8, 4) is 0 Å². The van der Waals surface area contributed by atoms with E-state index in [1.54, 1.807) is 13.8 Å². The zero-order valence-corrected chi connectivity index (χ0v) is 12.9. The van der Waals surface area contributed by atoms with Crippen LogP contribution in [0.5, 0.6) is 0 Å². The Morgan fingerprint density at radius 3 is 2.77 bits per heavy atom. The predicted octanol–water partition coefficient (Wildman–Crippen LogP) is 1.19. The van der Waals surface area contributed by atoms with Gasteiger partial charge in [0.15, 0.2) is 0 Å². The molecule has 8 nitrogen and oxygen atoms in total. The summed E-state index contributed by atoms with van der Waals surface area (Å²) in [5, 5.41) is 27.4. The quantitative estimate of drug-likeness (QED) is 0.606. The third kappa shape index (κ3) is 3.44. The van der Waals surface area contributed by atoms with Gasteiger partial charge in [0, 0.05) is 6.54 Å². The number of carbonyl (C=O) groups excluding carboxylic acids is 1. The van der Waals surface area contributed by atoms with E-state index in [0.717, 1.165) is 31.9 Å². The summed E-state index contributed by atoms with van der Waals surface area (Å²) in [6.45, 7) is 3.44. The minimum absolute atomic E-state index is 0.160. The molecule has 0 radical (unpaired) electrons. The van der Waals surface area contributed by atoms with Crippen LogP contribution >= 0.6 is 0 Å². The largest absolute Gasteiger partial charge is 0.391 e. The Balaban J connectivity index is 1.95. The Hall–Kier alpha value is -1.96. The zero-order chi connectivity index (χ0) is 16.3. The molecular weight excluding hydrogens is 288 g/mol. The first kappa shape index (κ1) is 16.4. The van der Waals surface area contributed by atoms with Gasteiger partial charge in [0.25, 0.3) is 0 Å². The van der Waals surface area contributed by atoms with Crippen LogP contribution in [0.2, 0.25) is 0 Å². The van der Waals surface area contributed by atoms with Crippen LogP contribution in [0, 0.1) is 16.0 Å². The van der Waals surface area contributed by atoms with Gasteiger partial charge in [-0.2, -0.15) is 5.10 Å². The number of hydrogen-bond acceptors (Lipinski definition) is 5. The smallest absolute Gasteiger partial charge is 0.307 e. The molecule has 1 aliphatic rings. The van der Waals surface area contributed by atoms with Crippen LogP contribution in [0.25, 0.3) is 0 Å². The standard InChI is InChI=1S/C14H22N4O4/c1-14(2,17-9-11(7-16-17)18(21)22)13(20)15-8-12(19)10-5-3-4-6-10/h7,9-10,12,19H,3-6,8H2,1-2H3,(H,15,20). The second-order valence-electron chi connectivity index (χ2n) is 6.28. The van der Waals surface area contributed by atoms with Crippen LogP contribution in [0.3, 0.4) is 0 Å².